The fraction of sp³-hybridized carbons (Fsp3) is 0.733. The van der Waals surface area contributed by atoms with Gasteiger partial charge in [-0.15, -0.1) is 0 Å². The number of hydrogen-bond donors (Lipinski definition) is 1. The summed E-state index contributed by atoms with van der Waals surface area (Å²) in [4.78, 5) is 2.52. The Hall–Kier alpha value is -0.800. The molecule has 1 atom stereocenters. The largest absolute Gasteiger partial charge is 0.468 e. The van der Waals surface area contributed by atoms with Crippen LogP contribution in [0.3, 0.4) is 0 Å². The lowest BCUT2D eigenvalue weighted by Crippen LogP contribution is -2.21. The number of nitrogens with zero attached hydrogens (tertiary/aromatic N) is 1. The van der Waals surface area contributed by atoms with Crippen LogP contribution in [0.1, 0.15) is 44.4 Å². The first-order valence-electron chi connectivity index (χ1n) is 7.31. The van der Waals surface area contributed by atoms with E-state index < -0.39 is 0 Å². The third kappa shape index (κ3) is 3.59. The Bertz CT molecular complexity index is 348. The summed E-state index contributed by atoms with van der Waals surface area (Å²) < 4.78 is 5.64. The van der Waals surface area contributed by atoms with Crippen LogP contribution in [0.25, 0.3) is 0 Å². The van der Waals surface area contributed by atoms with Gasteiger partial charge < -0.3 is 9.73 Å². The Labute approximate surface area is 111 Å². The van der Waals surface area contributed by atoms with Gasteiger partial charge in [0, 0.05) is 18.7 Å². The van der Waals surface area contributed by atoms with Crippen LogP contribution < -0.4 is 5.32 Å². The Morgan fingerprint density at radius 3 is 3.06 bits per heavy atom. The van der Waals surface area contributed by atoms with Crippen molar-refractivity contribution in [1.29, 1.82) is 0 Å². The Kier molecular flexibility index (Phi) is 5.26. The summed E-state index contributed by atoms with van der Waals surface area (Å²) in [5.41, 5.74) is 1.32. The molecule has 1 fully saturated rings. The zero-order valence-corrected chi connectivity index (χ0v) is 11.7. The predicted molar refractivity (Wildman–Crippen MR) is 74.4 cm³/mol. The molecule has 1 aromatic rings. The highest BCUT2D eigenvalue weighted by atomic mass is 16.3. The first kappa shape index (κ1) is 13.6. The second-order valence-electron chi connectivity index (χ2n) is 5.34. The van der Waals surface area contributed by atoms with E-state index in [9.17, 15) is 0 Å². The summed E-state index contributed by atoms with van der Waals surface area (Å²) in [5, 5.41) is 3.44. The molecule has 0 radical (unpaired) electrons. The molecule has 0 bridgehead atoms. The zero-order chi connectivity index (χ0) is 12.8. The molecule has 0 amide bonds. The maximum absolute atomic E-state index is 5.64. The van der Waals surface area contributed by atoms with Gasteiger partial charge in [-0.2, -0.15) is 0 Å². The second kappa shape index (κ2) is 6.95. The lowest BCUT2D eigenvalue weighted by molar-refractivity contribution is 0.283. The van der Waals surface area contributed by atoms with Crippen molar-refractivity contribution in [2.75, 3.05) is 19.6 Å². The van der Waals surface area contributed by atoms with Crippen LogP contribution in [-0.2, 0) is 13.1 Å². The first-order valence-corrected chi connectivity index (χ1v) is 7.31. The van der Waals surface area contributed by atoms with Gasteiger partial charge in [-0.1, -0.05) is 20.3 Å². The molecule has 18 heavy (non-hydrogen) atoms. The molecule has 0 spiro atoms. The minimum absolute atomic E-state index is 0.890. The normalized spacial score (nSPS) is 20.7. The molecule has 102 valence electrons. The minimum Gasteiger partial charge on any atom is -0.468 e. The topological polar surface area (TPSA) is 28.4 Å². The highest BCUT2D eigenvalue weighted by Crippen LogP contribution is 2.22. The summed E-state index contributed by atoms with van der Waals surface area (Å²) >= 11 is 0. The fourth-order valence-electron chi connectivity index (χ4n) is 2.66. The molecule has 1 N–H and O–H groups in total. The van der Waals surface area contributed by atoms with E-state index in [4.69, 9.17) is 4.42 Å². The molecule has 2 rings (SSSR count). The van der Waals surface area contributed by atoms with E-state index in [2.05, 4.69) is 30.1 Å². The summed E-state index contributed by atoms with van der Waals surface area (Å²) in [7, 11) is 0. The van der Waals surface area contributed by atoms with Crippen molar-refractivity contribution in [3.05, 3.63) is 23.7 Å². The molecule has 1 aliphatic rings. The maximum atomic E-state index is 5.64. The van der Waals surface area contributed by atoms with Crippen LogP contribution in [0.4, 0.5) is 0 Å². The highest BCUT2D eigenvalue weighted by Gasteiger charge is 2.22. The van der Waals surface area contributed by atoms with Gasteiger partial charge in [0.05, 0.1) is 12.8 Å². The summed E-state index contributed by atoms with van der Waals surface area (Å²) in [5.74, 6) is 2.04. The lowest BCUT2D eigenvalue weighted by Gasteiger charge is -2.15. The van der Waals surface area contributed by atoms with E-state index in [0.29, 0.717) is 0 Å². The number of likely N-dealkylation sites (tertiary alicyclic amines) is 1. The number of hydrogen-bond acceptors (Lipinski definition) is 3. The number of rotatable bonds is 7. The summed E-state index contributed by atoms with van der Waals surface area (Å²) in [6.45, 7) is 9.93. The molecule has 3 heteroatoms. The van der Waals surface area contributed by atoms with Crippen LogP contribution in [0.2, 0.25) is 0 Å². The van der Waals surface area contributed by atoms with E-state index in [1.165, 1.54) is 37.9 Å². The van der Waals surface area contributed by atoms with Crippen molar-refractivity contribution in [2.45, 2.75) is 46.2 Å². The van der Waals surface area contributed by atoms with E-state index in [1.54, 1.807) is 0 Å². The van der Waals surface area contributed by atoms with Crippen LogP contribution in [0.15, 0.2) is 16.7 Å². The van der Waals surface area contributed by atoms with Gasteiger partial charge in [-0.3, -0.25) is 4.90 Å². The second-order valence-corrected chi connectivity index (χ2v) is 5.34. The number of nitrogens with one attached hydrogen (secondary N) is 1. The minimum atomic E-state index is 0.890. The van der Waals surface area contributed by atoms with Crippen molar-refractivity contribution in [1.82, 2.24) is 10.2 Å². The van der Waals surface area contributed by atoms with Gasteiger partial charge in [0.15, 0.2) is 0 Å². The molecule has 0 aliphatic carbocycles. The van der Waals surface area contributed by atoms with Crippen LogP contribution in [0, 0.1) is 5.92 Å². The SMILES string of the molecule is CCCNCc1ccoc1CN1CCC(CC)C1. The molecule has 1 saturated heterocycles. The molecule has 0 aromatic carbocycles. The van der Waals surface area contributed by atoms with Crippen molar-refractivity contribution in [3.8, 4) is 0 Å². The molecule has 3 nitrogen and oxygen atoms in total. The Morgan fingerprint density at radius 1 is 1.44 bits per heavy atom. The summed E-state index contributed by atoms with van der Waals surface area (Å²) in [6, 6.07) is 2.10. The van der Waals surface area contributed by atoms with E-state index >= 15 is 0 Å². The average molecular weight is 250 g/mol. The van der Waals surface area contributed by atoms with E-state index in [1.807, 2.05) is 6.26 Å². The van der Waals surface area contributed by atoms with Crippen LogP contribution in [0.5, 0.6) is 0 Å². The standard InChI is InChI=1S/C15H26N2O/c1-3-7-16-10-14-6-9-18-15(14)12-17-8-5-13(4-2)11-17/h6,9,13,16H,3-5,7-8,10-12H2,1-2H3. The van der Waals surface area contributed by atoms with Crippen LogP contribution >= 0.6 is 0 Å². The third-order valence-electron chi connectivity index (χ3n) is 3.89. The molecule has 1 unspecified atom stereocenters. The molecule has 0 saturated carbocycles. The van der Waals surface area contributed by atoms with Gasteiger partial charge in [0.1, 0.15) is 5.76 Å². The third-order valence-corrected chi connectivity index (χ3v) is 3.89. The fourth-order valence-corrected chi connectivity index (χ4v) is 2.66. The van der Waals surface area contributed by atoms with Gasteiger partial charge in [0.2, 0.25) is 0 Å². The van der Waals surface area contributed by atoms with Gasteiger partial charge >= 0.3 is 0 Å². The smallest absolute Gasteiger partial charge is 0.122 e. The van der Waals surface area contributed by atoms with Crippen molar-refractivity contribution >= 4 is 0 Å². The number of furan rings is 1. The van der Waals surface area contributed by atoms with Crippen molar-refractivity contribution in [3.63, 3.8) is 0 Å². The van der Waals surface area contributed by atoms with Gasteiger partial charge in [-0.05, 0) is 37.9 Å². The van der Waals surface area contributed by atoms with Gasteiger partial charge in [0.25, 0.3) is 0 Å². The van der Waals surface area contributed by atoms with Gasteiger partial charge in [-0.25, -0.2) is 0 Å². The average Bonchev–Trinajstić information content (AvgIpc) is 3.00. The van der Waals surface area contributed by atoms with Crippen molar-refractivity contribution < 1.29 is 4.42 Å². The zero-order valence-electron chi connectivity index (χ0n) is 11.7. The van der Waals surface area contributed by atoms with Crippen molar-refractivity contribution in [2.24, 2.45) is 5.92 Å². The quantitative estimate of drug-likeness (QED) is 0.754. The maximum Gasteiger partial charge on any atom is 0.122 e. The molecule has 1 aromatic heterocycles. The molecular formula is C15H26N2O. The van der Waals surface area contributed by atoms with E-state index in [-0.39, 0.29) is 0 Å². The molecule has 2 heterocycles. The Morgan fingerprint density at radius 2 is 2.33 bits per heavy atom. The highest BCUT2D eigenvalue weighted by molar-refractivity contribution is 5.17. The molecular weight excluding hydrogens is 224 g/mol. The summed E-state index contributed by atoms with van der Waals surface area (Å²) in [6.07, 6.45) is 5.66. The first-order chi connectivity index (χ1) is 8.83. The predicted octanol–water partition coefficient (Wildman–Crippen LogP) is 3.01. The Balaban J connectivity index is 1.84. The lowest BCUT2D eigenvalue weighted by atomic mass is 10.1. The monoisotopic (exact) mass is 250 g/mol. The molecule has 1 aliphatic heterocycles. The van der Waals surface area contributed by atoms with E-state index in [0.717, 1.165) is 31.3 Å². The van der Waals surface area contributed by atoms with Crippen LogP contribution in [-0.4, -0.2) is 24.5 Å².